The topological polar surface area (TPSA) is 108 Å². The Morgan fingerprint density at radius 3 is 1.76 bits per heavy atom. The van der Waals surface area contributed by atoms with Gasteiger partial charge < -0.3 is 23.9 Å². The molecule has 9 heteroatoms. The maximum atomic E-state index is 12.0. The van der Waals surface area contributed by atoms with E-state index in [2.05, 4.69) is 58.4 Å². The number of H-pyrrole nitrogens is 1. The number of nitrogens with zero attached hydrogens (tertiary/aromatic N) is 3. The highest BCUT2D eigenvalue weighted by Crippen LogP contribution is 2.56. The highest BCUT2D eigenvalue weighted by Gasteiger charge is 2.55. The van der Waals surface area contributed by atoms with Crippen LogP contribution in [0.5, 0.6) is 0 Å². The number of aromatic amines is 1. The summed E-state index contributed by atoms with van der Waals surface area (Å²) in [4.78, 5) is 29.0. The van der Waals surface area contributed by atoms with Crippen LogP contribution in [-0.4, -0.2) is 57.9 Å². The smallest absolute Gasteiger partial charge is 0.248 e. The van der Waals surface area contributed by atoms with Gasteiger partial charge in [-0.15, -0.1) is 0 Å². The van der Waals surface area contributed by atoms with Gasteiger partial charge in [0, 0.05) is 84.4 Å². The molecule has 4 aromatic rings. The fraction of sp³-hybridized carbons (Fsp3) is 0.556. The molecule has 6 heterocycles. The molecule has 10 rings (SSSR count). The predicted octanol–water partition coefficient (Wildman–Crippen LogP) is 7.27. The molecule has 2 saturated carbocycles. The van der Waals surface area contributed by atoms with Crippen LogP contribution in [0.1, 0.15) is 104 Å². The Labute approximate surface area is 318 Å². The fourth-order valence-electron chi connectivity index (χ4n) is 11.4. The number of ether oxygens (including phenoxy) is 4. The molecule has 4 aliphatic carbocycles. The zero-order valence-corrected chi connectivity index (χ0v) is 31.7. The van der Waals surface area contributed by atoms with E-state index >= 15 is 0 Å². The molecule has 4 fully saturated rings. The summed E-state index contributed by atoms with van der Waals surface area (Å²) in [6.45, 7) is 4.96. The summed E-state index contributed by atoms with van der Waals surface area (Å²) >= 11 is 0. The number of rotatable bonds is 4. The van der Waals surface area contributed by atoms with Crippen LogP contribution in [-0.2, 0) is 55.5 Å². The minimum atomic E-state index is -0.398. The summed E-state index contributed by atoms with van der Waals surface area (Å²) in [6, 6.07) is 16.5. The summed E-state index contributed by atoms with van der Waals surface area (Å²) in [5.74, 6) is 0.252. The molecule has 9 nitrogen and oxygen atoms in total. The third-order valence-electron chi connectivity index (χ3n) is 13.9. The summed E-state index contributed by atoms with van der Waals surface area (Å²) < 4.78 is 24.4. The van der Waals surface area contributed by atoms with Crippen molar-refractivity contribution in [3.63, 3.8) is 0 Å². The van der Waals surface area contributed by atoms with E-state index in [-0.39, 0.29) is 22.2 Å². The predicted molar refractivity (Wildman–Crippen MR) is 205 cm³/mol. The Morgan fingerprint density at radius 1 is 0.685 bits per heavy atom. The standard InChI is InChI=1S/C23H28N2O2.C22H26N2O3/c1-17-13-18-5-4-6-19-14-23(26-11-12-27-23)9-8-22(19,21(18)16-25-17)15-20-7-2-3-10-24-20;25-20-12-16-4-3-5-17-13-22(26-10-11-27-22)8-7-21(17,19(16)15-24-20)14-18-6-1-2-9-23-18/h2-3,7,10,13,16,19H,4-6,8-9,11-12,14-15H2,1H3;1-2,6,9,12,15,17H,3-5,7-8,10-11,13-14H2,(H,24,25)/t19-,22+;17-,21+/m11/s1. The maximum absolute atomic E-state index is 12.0. The van der Waals surface area contributed by atoms with Crippen LogP contribution in [0.15, 0.2) is 78.1 Å². The zero-order valence-electron chi connectivity index (χ0n) is 31.7. The first-order valence-corrected chi connectivity index (χ1v) is 20.4. The van der Waals surface area contributed by atoms with Gasteiger partial charge in [-0.2, -0.15) is 0 Å². The largest absolute Gasteiger partial charge is 0.348 e. The summed E-state index contributed by atoms with van der Waals surface area (Å²) in [6.07, 6.45) is 22.4. The number of aromatic nitrogens is 4. The number of hydrogen-bond donors (Lipinski definition) is 1. The third-order valence-corrected chi connectivity index (χ3v) is 13.9. The average molecular weight is 731 g/mol. The van der Waals surface area contributed by atoms with Gasteiger partial charge in [0.05, 0.1) is 26.4 Å². The average Bonchev–Trinajstić information content (AvgIpc) is 3.78. The van der Waals surface area contributed by atoms with Crippen LogP contribution >= 0.6 is 0 Å². The summed E-state index contributed by atoms with van der Waals surface area (Å²) in [5.41, 5.74) is 8.94. The van der Waals surface area contributed by atoms with Gasteiger partial charge in [0.1, 0.15) is 0 Å². The van der Waals surface area contributed by atoms with Crippen molar-refractivity contribution in [3.05, 3.63) is 123 Å². The molecule has 2 saturated heterocycles. The van der Waals surface area contributed by atoms with Gasteiger partial charge in [0.15, 0.2) is 11.6 Å². The lowest BCUT2D eigenvalue weighted by Crippen LogP contribution is -2.49. The van der Waals surface area contributed by atoms with E-state index in [0.717, 1.165) is 102 Å². The number of hydrogen-bond acceptors (Lipinski definition) is 8. The first-order chi connectivity index (χ1) is 26.4. The van der Waals surface area contributed by atoms with Crippen LogP contribution in [0.25, 0.3) is 0 Å². The van der Waals surface area contributed by atoms with Crippen molar-refractivity contribution in [2.45, 2.75) is 119 Å². The quantitative estimate of drug-likeness (QED) is 0.234. The molecule has 0 bridgehead atoms. The van der Waals surface area contributed by atoms with Gasteiger partial charge in [-0.05, 0) is 136 Å². The molecular formula is C45H54N4O5. The van der Waals surface area contributed by atoms with Gasteiger partial charge in [0.25, 0.3) is 0 Å². The zero-order chi connectivity index (χ0) is 36.6. The molecule has 2 spiro atoms. The minimum Gasteiger partial charge on any atom is -0.348 e. The number of nitrogens with one attached hydrogen (secondary N) is 1. The van der Waals surface area contributed by atoms with Gasteiger partial charge >= 0.3 is 0 Å². The van der Waals surface area contributed by atoms with Crippen LogP contribution < -0.4 is 5.56 Å². The van der Waals surface area contributed by atoms with Crippen molar-refractivity contribution >= 4 is 0 Å². The Hall–Kier alpha value is -3.76. The van der Waals surface area contributed by atoms with Gasteiger partial charge in [-0.1, -0.05) is 12.1 Å². The van der Waals surface area contributed by atoms with Crippen molar-refractivity contribution in [2.75, 3.05) is 26.4 Å². The van der Waals surface area contributed by atoms with E-state index in [1.807, 2.05) is 36.8 Å². The lowest BCUT2D eigenvalue weighted by Gasteiger charge is -2.49. The van der Waals surface area contributed by atoms with E-state index in [1.54, 1.807) is 0 Å². The van der Waals surface area contributed by atoms with E-state index in [1.165, 1.54) is 40.8 Å². The Morgan fingerprint density at radius 2 is 1.22 bits per heavy atom. The van der Waals surface area contributed by atoms with E-state index in [0.29, 0.717) is 25.0 Å². The van der Waals surface area contributed by atoms with E-state index < -0.39 is 5.79 Å². The molecule has 0 unspecified atom stereocenters. The van der Waals surface area contributed by atoms with E-state index in [9.17, 15) is 4.79 Å². The van der Waals surface area contributed by atoms with Crippen LogP contribution in [0.3, 0.4) is 0 Å². The summed E-state index contributed by atoms with van der Waals surface area (Å²) in [5, 5.41) is 0. The molecule has 6 aliphatic rings. The van der Waals surface area contributed by atoms with Crippen molar-refractivity contribution in [3.8, 4) is 0 Å². The molecule has 0 radical (unpaired) electrons. The molecule has 0 aromatic carbocycles. The molecule has 54 heavy (non-hydrogen) atoms. The summed E-state index contributed by atoms with van der Waals surface area (Å²) in [7, 11) is 0. The molecular weight excluding hydrogens is 677 g/mol. The van der Waals surface area contributed by atoms with Crippen molar-refractivity contribution in [2.24, 2.45) is 11.8 Å². The SMILES string of the molecule is Cc1cc2c(cn1)[C@]1(Cc3ccccn3)CCC3(C[C@H]1CCC2)OCCO3.O=c1cc2c(c[nH]1)[C@]1(Cc3ccccn3)CCC3(C[C@H]1CCC2)OCCO3. The fourth-order valence-corrected chi connectivity index (χ4v) is 11.4. The van der Waals surface area contributed by atoms with Crippen molar-refractivity contribution in [1.29, 1.82) is 0 Å². The monoisotopic (exact) mass is 730 g/mol. The van der Waals surface area contributed by atoms with Gasteiger partial charge in [-0.25, -0.2) is 0 Å². The van der Waals surface area contributed by atoms with E-state index in [4.69, 9.17) is 23.9 Å². The van der Waals surface area contributed by atoms with Crippen molar-refractivity contribution in [1.82, 2.24) is 19.9 Å². The number of pyridine rings is 4. The van der Waals surface area contributed by atoms with Crippen LogP contribution in [0.2, 0.25) is 0 Å². The molecule has 2 aliphatic heterocycles. The molecule has 4 aromatic heterocycles. The second kappa shape index (κ2) is 14.7. The molecule has 4 atom stereocenters. The minimum absolute atomic E-state index is 0.00470. The second-order valence-corrected chi connectivity index (χ2v) is 16.8. The molecule has 0 amide bonds. The van der Waals surface area contributed by atoms with Crippen LogP contribution in [0, 0.1) is 18.8 Å². The molecule has 284 valence electrons. The molecule has 1 N–H and O–H groups in total. The lowest BCUT2D eigenvalue weighted by molar-refractivity contribution is -0.199. The maximum Gasteiger partial charge on any atom is 0.248 e. The number of aryl methyl sites for hydroxylation is 3. The Bertz CT molecular complexity index is 1980. The Kier molecular flexibility index (Phi) is 9.79. The second-order valence-electron chi connectivity index (χ2n) is 16.8. The van der Waals surface area contributed by atoms with Crippen molar-refractivity contribution < 1.29 is 18.9 Å². The van der Waals surface area contributed by atoms with Gasteiger partial charge in [0.2, 0.25) is 5.56 Å². The normalized spacial score (nSPS) is 29.1. The van der Waals surface area contributed by atoms with Crippen LogP contribution in [0.4, 0.5) is 0 Å². The van der Waals surface area contributed by atoms with Gasteiger partial charge in [-0.3, -0.25) is 19.7 Å². The lowest BCUT2D eigenvalue weighted by atomic mass is 9.58. The highest BCUT2D eigenvalue weighted by molar-refractivity contribution is 5.39. The highest BCUT2D eigenvalue weighted by atomic mass is 16.7. The first-order valence-electron chi connectivity index (χ1n) is 20.4. The third kappa shape index (κ3) is 6.76. The Balaban J connectivity index is 0.000000142. The number of fused-ring (bicyclic) bond motifs is 6. The first kappa shape index (κ1) is 35.9.